The van der Waals surface area contributed by atoms with Gasteiger partial charge < -0.3 is 4.98 Å². The lowest BCUT2D eigenvalue weighted by Gasteiger charge is -2.00. The molecular weight excluding hydrogens is 216 g/mol. The van der Waals surface area contributed by atoms with E-state index in [1.807, 2.05) is 6.07 Å². The fourth-order valence-corrected chi connectivity index (χ4v) is 1.79. The van der Waals surface area contributed by atoms with Crippen molar-refractivity contribution in [1.29, 1.82) is 0 Å². The summed E-state index contributed by atoms with van der Waals surface area (Å²) >= 11 is 5.97. The second kappa shape index (κ2) is 2.80. The quantitative estimate of drug-likeness (QED) is 0.620. The molecular formula is C9H5ClN4O. The van der Waals surface area contributed by atoms with E-state index >= 15 is 0 Å². The van der Waals surface area contributed by atoms with Crippen LogP contribution in [0.2, 0.25) is 5.02 Å². The summed E-state index contributed by atoms with van der Waals surface area (Å²) in [5, 5.41) is 5.09. The van der Waals surface area contributed by atoms with E-state index in [1.165, 1.54) is 10.8 Å². The maximum atomic E-state index is 11.6. The smallest absolute Gasteiger partial charge is 0.304 e. The third-order valence-electron chi connectivity index (χ3n) is 2.23. The normalized spacial score (nSPS) is 11.3. The Bertz CT molecular complexity index is 715. The molecule has 3 rings (SSSR count). The SMILES string of the molecule is O=c1[nH]c2c(Cl)cccc2c2ncnn12. The molecule has 0 aliphatic carbocycles. The first-order chi connectivity index (χ1) is 7.27. The Morgan fingerprint density at radius 2 is 2.27 bits per heavy atom. The minimum absolute atomic E-state index is 0.344. The van der Waals surface area contributed by atoms with Crippen LogP contribution in [0.3, 0.4) is 0 Å². The largest absolute Gasteiger partial charge is 0.348 e. The third kappa shape index (κ3) is 1.07. The van der Waals surface area contributed by atoms with Gasteiger partial charge in [-0.15, -0.1) is 0 Å². The second-order valence-electron chi connectivity index (χ2n) is 3.09. The van der Waals surface area contributed by atoms with Gasteiger partial charge in [0.1, 0.15) is 6.33 Å². The Morgan fingerprint density at radius 3 is 3.13 bits per heavy atom. The number of benzene rings is 1. The average molecular weight is 221 g/mol. The van der Waals surface area contributed by atoms with E-state index in [-0.39, 0.29) is 5.69 Å². The van der Waals surface area contributed by atoms with Gasteiger partial charge >= 0.3 is 5.69 Å². The van der Waals surface area contributed by atoms with Gasteiger partial charge in [-0.2, -0.15) is 9.61 Å². The highest BCUT2D eigenvalue weighted by molar-refractivity contribution is 6.35. The van der Waals surface area contributed by atoms with Crippen molar-refractivity contribution in [3.05, 3.63) is 40.0 Å². The first-order valence-corrected chi connectivity index (χ1v) is 4.65. The highest BCUT2D eigenvalue weighted by atomic mass is 35.5. The van der Waals surface area contributed by atoms with Crippen LogP contribution < -0.4 is 5.69 Å². The molecule has 0 radical (unpaired) electrons. The molecule has 0 aliphatic heterocycles. The van der Waals surface area contributed by atoms with E-state index in [4.69, 9.17) is 11.6 Å². The molecule has 1 aromatic carbocycles. The minimum atomic E-state index is -0.344. The van der Waals surface area contributed by atoms with Crippen molar-refractivity contribution in [2.24, 2.45) is 0 Å². The molecule has 2 heterocycles. The molecule has 5 nitrogen and oxygen atoms in total. The lowest BCUT2D eigenvalue weighted by atomic mass is 10.2. The van der Waals surface area contributed by atoms with Crippen molar-refractivity contribution in [2.45, 2.75) is 0 Å². The number of H-pyrrole nitrogens is 1. The highest BCUT2D eigenvalue weighted by Crippen LogP contribution is 2.21. The summed E-state index contributed by atoms with van der Waals surface area (Å²) < 4.78 is 1.21. The van der Waals surface area contributed by atoms with Crippen LogP contribution >= 0.6 is 11.6 Å². The van der Waals surface area contributed by atoms with Gasteiger partial charge in [-0.1, -0.05) is 17.7 Å². The van der Waals surface area contributed by atoms with Crippen LogP contribution in [0, 0.1) is 0 Å². The number of aromatic nitrogens is 4. The molecule has 0 atom stereocenters. The van der Waals surface area contributed by atoms with Crippen LogP contribution in [0.15, 0.2) is 29.3 Å². The Hall–Kier alpha value is -1.88. The van der Waals surface area contributed by atoms with E-state index in [0.29, 0.717) is 16.2 Å². The van der Waals surface area contributed by atoms with Crippen LogP contribution in [0.4, 0.5) is 0 Å². The van der Waals surface area contributed by atoms with Gasteiger partial charge in [-0.3, -0.25) is 0 Å². The van der Waals surface area contributed by atoms with Crippen LogP contribution in [0.5, 0.6) is 0 Å². The maximum absolute atomic E-state index is 11.6. The molecule has 3 aromatic rings. The summed E-state index contributed by atoms with van der Waals surface area (Å²) in [5.74, 6) is 0. The Kier molecular flexibility index (Phi) is 1.58. The molecule has 0 fully saturated rings. The summed E-state index contributed by atoms with van der Waals surface area (Å²) in [6.07, 6.45) is 1.34. The van der Waals surface area contributed by atoms with Gasteiger partial charge in [0.2, 0.25) is 0 Å². The lowest BCUT2D eigenvalue weighted by molar-refractivity contribution is 0.882. The molecule has 15 heavy (non-hydrogen) atoms. The summed E-state index contributed by atoms with van der Waals surface area (Å²) in [6, 6.07) is 5.35. The molecule has 0 aliphatic rings. The van der Waals surface area contributed by atoms with E-state index in [0.717, 1.165) is 5.39 Å². The monoisotopic (exact) mass is 220 g/mol. The van der Waals surface area contributed by atoms with Crippen molar-refractivity contribution in [1.82, 2.24) is 19.6 Å². The van der Waals surface area contributed by atoms with Crippen molar-refractivity contribution in [2.75, 3.05) is 0 Å². The number of nitrogens with one attached hydrogen (secondary N) is 1. The number of nitrogens with zero attached hydrogens (tertiary/aromatic N) is 3. The molecule has 1 N–H and O–H groups in total. The average Bonchev–Trinajstić information content (AvgIpc) is 2.69. The number of halogens is 1. The topological polar surface area (TPSA) is 63.0 Å². The maximum Gasteiger partial charge on any atom is 0.348 e. The molecule has 0 amide bonds. The highest BCUT2D eigenvalue weighted by Gasteiger charge is 2.07. The first-order valence-electron chi connectivity index (χ1n) is 4.27. The molecule has 0 saturated heterocycles. The summed E-state index contributed by atoms with van der Waals surface area (Å²) in [7, 11) is 0. The number of fused-ring (bicyclic) bond motifs is 3. The fourth-order valence-electron chi connectivity index (χ4n) is 1.57. The van der Waals surface area contributed by atoms with Gasteiger partial charge in [0, 0.05) is 5.39 Å². The molecule has 0 spiro atoms. The Labute approximate surface area is 88.3 Å². The lowest BCUT2D eigenvalue weighted by Crippen LogP contribution is -2.17. The number of aromatic amines is 1. The predicted octanol–water partition coefficient (Wildman–Crippen LogP) is 1.22. The van der Waals surface area contributed by atoms with Crippen LogP contribution in [0.1, 0.15) is 0 Å². The van der Waals surface area contributed by atoms with E-state index in [1.54, 1.807) is 12.1 Å². The van der Waals surface area contributed by atoms with Crippen LogP contribution in [-0.2, 0) is 0 Å². The molecule has 0 unspecified atom stereocenters. The van der Waals surface area contributed by atoms with Crippen molar-refractivity contribution in [3.63, 3.8) is 0 Å². The van der Waals surface area contributed by atoms with Gasteiger partial charge in [0.25, 0.3) is 0 Å². The zero-order chi connectivity index (χ0) is 10.4. The molecule has 0 saturated carbocycles. The van der Waals surface area contributed by atoms with E-state index < -0.39 is 0 Å². The molecule has 0 bridgehead atoms. The number of hydrogen-bond acceptors (Lipinski definition) is 3. The standard InChI is InChI=1S/C9H5ClN4O/c10-6-3-1-2-5-7(6)13-9(15)14-8(5)11-4-12-14/h1-4H,(H,13,15). The fraction of sp³-hybridized carbons (Fsp3) is 0. The summed E-state index contributed by atoms with van der Waals surface area (Å²) in [5.41, 5.74) is 0.754. The number of para-hydroxylation sites is 1. The Morgan fingerprint density at radius 1 is 1.40 bits per heavy atom. The third-order valence-corrected chi connectivity index (χ3v) is 2.54. The zero-order valence-corrected chi connectivity index (χ0v) is 8.19. The molecule has 74 valence electrons. The van der Waals surface area contributed by atoms with Crippen LogP contribution in [-0.4, -0.2) is 19.6 Å². The predicted molar refractivity (Wildman–Crippen MR) is 56.1 cm³/mol. The second-order valence-corrected chi connectivity index (χ2v) is 3.50. The van der Waals surface area contributed by atoms with Crippen molar-refractivity contribution in [3.8, 4) is 0 Å². The van der Waals surface area contributed by atoms with Gasteiger partial charge in [-0.05, 0) is 12.1 Å². The summed E-state index contributed by atoms with van der Waals surface area (Å²) in [4.78, 5) is 18.2. The van der Waals surface area contributed by atoms with Crippen molar-refractivity contribution >= 4 is 28.2 Å². The molecule has 6 heteroatoms. The van der Waals surface area contributed by atoms with Crippen molar-refractivity contribution < 1.29 is 0 Å². The van der Waals surface area contributed by atoms with Gasteiger partial charge in [0.05, 0.1) is 10.5 Å². The van der Waals surface area contributed by atoms with E-state index in [9.17, 15) is 4.79 Å². The van der Waals surface area contributed by atoms with Gasteiger partial charge in [0.15, 0.2) is 5.65 Å². The first kappa shape index (κ1) is 8.43. The van der Waals surface area contributed by atoms with Gasteiger partial charge in [-0.25, -0.2) is 9.78 Å². The summed E-state index contributed by atoms with van der Waals surface area (Å²) in [6.45, 7) is 0. The number of rotatable bonds is 0. The Balaban J connectivity index is 2.72. The number of hydrogen-bond donors (Lipinski definition) is 1. The molecule has 2 aromatic heterocycles. The van der Waals surface area contributed by atoms with Crippen LogP contribution in [0.25, 0.3) is 16.6 Å². The van der Waals surface area contributed by atoms with E-state index in [2.05, 4.69) is 15.1 Å². The zero-order valence-electron chi connectivity index (χ0n) is 7.44. The minimum Gasteiger partial charge on any atom is -0.304 e.